The van der Waals surface area contributed by atoms with Crippen LogP contribution in [0.3, 0.4) is 0 Å². The van der Waals surface area contributed by atoms with E-state index in [1.54, 1.807) is 0 Å². The predicted molar refractivity (Wildman–Crippen MR) is 33.8 cm³/mol. The molecule has 0 saturated carbocycles. The summed E-state index contributed by atoms with van der Waals surface area (Å²) in [6.07, 6.45) is 5.17. The van der Waals surface area contributed by atoms with Gasteiger partial charge in [-0.05, 0) is 6.42 Å². The van der Waals surface area contributed by atoms with Crippen LogP contribution in [-0.2, 0) is 4.74 Å². The highest BCUT2D eigenvalue weighted by Gasteiger charge is 2.11. The lowest BCUT2D eigenvalue weighted by Gasteiger charge is -2.06. The van der Waals surface area contributed by atoms with Gasteiger partial charge in [0.05, 0.1) is 6.10 Å². The minimum absolute atomic E-state index is 0.153. The Bertz CT molecular complexity index is 101. The maximum absolute atomic E-state index is 5.39. The fraction of sp³-hybridized carbons (Fsp3) is 0.667. The molecule has 0 amide bonds. The Kier molecular flexibility index (Phi) is 1.74. The molecule has 2 atom stereocenters. The molecule has 0 aromatic rings. The average Bonchev–Trinajstić information content (AvgIpc) is 2.14. The van der Waals surface area contributed by atoms with Crippen molar-refractivity contribution < 1.29 is 4.74 Å². The van der Waals surface area contributed by atoms with Crippen molar-refractivity contribution in [2.75, 3.05) is 0 Å². The van der Waals surface area contributed by atoms with Crippen molar-refractivity contribution in [2.45, 2.75) is 25.5 Å². The average molecular weight is 108 g/mol. The SMILES string of the molecule is [B]C1C=CC(CC)O1. The highest BCUT2D eigenvalue weighted by molar-refractivity contribution is 6.12. The highest BCUT2D eigenvalue weighted by Crippen LogP contribution is 2.10. The van der Waals surface area contributed by atoms with E-state index in [1.165, 1.54) is 0 Å². The van der Waals surface area contributed by atoms with Crippen LogP contribution in [0.1, 0.15) is 13.3 Å². The summed E-state index contributed by atoms with van der Waals surface area (Å²) in [6.45, 7) is 2.08. The molecular formula is C6H9BO. The van der Waals surface area contributed by atoms with Crippen molar-refractivity contribution in [3.63, 3.8) is 0 Å². The third-order valence-corrected chi connectivity index (χ3v) is 1.25. The van der Waals surface area contributed by atoms with Crippen LogP contribution in [-0.4, -0.2) is 20.0 Å². The van der Waals surface area contributed by atoms with Gasteiger partial charge < -0.3 is 4.74 Å². The van der Waals surface area contributed by atoms with E-state index in [0.717, 1.165) is 6.42 Å². The van der Waals surface area contributed by atoms with Gasteiger partial charge in [0.25, 0.3) is 0 Å². The molecule has 0 spiro atoms. The maximum Gasteiger partial charge on any atom is 0.114 e. The van der Waals surface area contributed by atoms with Crippen molar-refractivity contribution >= 4 is 7.85 Å². The largest absolute Gasteiger partial charge is 0.377 e. The monoisotopic (exact) mass is 108 g/mol. The Morgan fingerprint density at radius 1 is 1.62 bits per heavy atom. The zero-order chi connectivity index (χ0) is 5.98. The summed E-state index contributed by atoms with van der Waals surface area (Å²) in [4.78, 5) is 0. The smallest absolute Gasteiger partial charge is 0.114 e. The third-order valence-electron chi connectivity index (χ3n) is 1.25. The molecule has 1 heterocycles. The molecule has 1 aliphatic rings. The van der Waals surface area contributed by atoms with Crippen molar-refractivity contribution in [3.8, 4) is 0 Å². The lowest BCUT2D eigenvalue weighted by Crippen LogP contribution is -2.10. The van der Waals surface area contributed by atoms with Gasteiger partial charge in [-0.3, -0.25) is 0 Å². The van der Waals surface area contributed by atoms with Gasteiger partial charge in [0.1, 0.15) is 7.85 Å². The van der Waals surface area contributed by atoms with Gasteiger partial charge in [0.2, 0.25) is 0 Å². The topological polar surface area (TPSA) is 9.23 Å². The second-order valence-electron chi connectivity index (χ2n) is 1.93. The van der Waals surface area contributed by atoms with E-state index in [4.69, 9.17) is 12.6 Å². The maximum atomic E-state index is 5.39. The second kappa shape index (κ2) is 2.36. The summed E-state index contributed by atoms with van der Waals surface area (Å²) in [5.74, 6) is 0. The molecule has 0 N–H and O–H groups in total. The quantitative estimate of drug-likeness (QED) is 0.357. The molecule has 0 aromatic carbocycles. The first-order valence-corrected chi connectivity index (χ1v) is 2.92. The number of hydrogen-bond acceptors (Lipinski definition) is 1. The number of rotatable bonds is 1. The summed E-state index contributed by atoms with van der Waals surface area (Å²) in [7, 11) is 5.39. The molecule has 2 radical (unpaired) electrons. The van der Waals surface area contributed by atoms with Gasteiger partial charge in [-0.1, -0.05) is 19.1 Å². The highest BCUT2D eigenvalue weighted by atomic mass is 16.5. The fourth-order valence-electron chi connectivity index (χ4n) is 0.758. The zero-order valence-corrected chi connectivity index (χ0v) is 5.00. The van der Waals surface area contributed by atoms with Gasteiger partial charge in [-0.15, -0.1) is 0 Å². The van der Waals surface area contributed by atoms with E-state index in [-0.39, 0.29) is 12.1 Å². The number of ether oxygens (including phenoxy) is 1. The van der Waals surface area contributed by atoms with Crippen molar-refractivity contribution in [2.24, 2.45) is 0 Å². The van der Waals surface area contributed by atoms with Gasteiger partial charge in [0, 0.05) is 6.00 Å². The lowest BCUT2D eigenvalue weighted by molar-refractivity contribution is 0.102. The van der Waals surface area contributed by atoms with Crippen molar-refractivity contribution in [1.82, 2.24) is 0 Å². The van der Waals surface area contributed by atoms with Crippen molar-refractivity contribution in [3.05, 3.63) is 12.2 Å². The minimum Gasteiger partial charge on any atom is -0.377 e. The molecule has 42 valence electrons. The van der Waals surface area contributed by atoms with Crippen LogP contribution >= 0.6 is 0 Å². The zero-order valence-electron chi connectivity index (χ0n) is 5.00. The summed E-state index contributed by atoms with van der Waals surface area (Å²) in [5, 5.41) is 0. The predicted octanol–water partition coefficient (Wildman–Crippen LogP) is 0.846. The van der Waals surface area contributed by atoms with Crippen molar-refractivity contribution in [1.29, 1.82) is 0 Å². The first-order valence-electron chi connectivity index (χ1n) is 2.92. The van der Waals surface area contributed by atoms with E-state index in [1.807, 2.05) is 12.2 Å². The normalized spacial score (nSPS) is 36.1. The number of hydrogen-bond donors (Lipinski definition) is 0. The molecule has 1 rings (SSSR count). The fourth-order valence-corrected chi connectivity index (χ4v) is 0.758. The molecule has 2 unspecified atom stereocenters. The Balaban J connectivity index is 2.34. The van der Waals surface area contributed by atoms with E-state index < -0.39 is 0 Å². The molecule has 0 fully saturated rings. The Hall–Kier alpha value is -0.235. The van der Waals surface area contributed by atoms with Crippen LogP contribution in [0, 0.1) is 0 Å². The van der Waals surface area contributed by atoms with E-state index >= 15 is 0 Å². The van der Waals surface area contributed by atoms with E-state index in [0.29, 0.717) is 0 Å². The molecule has 2 heteroatoms. The first kappa shape index (κ1) is 5.89. The van der Waals surface area contributed by atoms with E-state index in [2.05, 4.69) is 6.92 Å². The molecule has 1 aliphatic heterocycles. The minimum atomic E-state index is -0.153. The lowest BCUT2D eigenvalue weighted by atomic mass is 10.0. The molecule has 0 aromatic heterocycles. The molecule has 0 aliphatic carbocycles. The van der Waals surface area contributed by atoms with Crippen LogP contribution in [0.5, 0.6) is 0 Å². The third kappa shape index (κ3) is 1.13. The first-order chi connectivity index (χ1) is 3.83. The van der Waals surface area contributed by atoms with Gasteiger partial charge in [0.15, 0.2) is 0 Å². The summed E-state index contributed by atoms with van der Waals surface area (Å²) < 4.78 is 5.18. The van der Waals surface area contributed by atoms with Crippen LogP contribution in [0.25, 0.3) is 0 Å². The molecule has 8 heavy (non-hydrogen) atoms. The molecular weight excluding hydrogens is 98.9 g/mol. The Labute approximate surface area is 51.1 Å². The van der Waals surface area contributed by atoms with Gasteiger partial charge in [-0.25, -0.2) is 0 Å². The van der Waals surface area contributed by atoms with Crippen LogP contribution in [0.4, 0.5) is 0 Å². The molecule has 0 saturated heterocycles. The van der Waals surface area contributed by atoms with E-state index in [9.17, 15) is 0 Å². The standard InChI is InChI=1S/C6H9BO/c1-2-5-3-4-6(7)8-5/h3-6H,2H2,1H3. The Morgan fingerprint density at radius 3 is 2.62 bits per heavy atom. The Morgan fingerprint density at radius 2 is 2.38 bits per heavy atom. The van der Waals surface area contributed by atoms with Gasteiger partial charge in [-0.2, -0.15) is 0 Å². The second-order valence-corrected chi connectivity index (χ2v) is 1.93. The summed E-state index contributed by atoms with van der Waals surface area (Å²) in [5.41, 5.74) is 0. The van der Waals surface area contributed by atoms with Crippen LogP contribution in [0.15, 0.2) is 12.2 Å². The van der Waals surface area contributed by atoms with Crippen LogP contribution < -0.4 is 0 Å². The molecule has 1 nitrogen and oxygen atoms in total. The molecule has 0 bridgehead atoms. The summed E-state index contributed by atoms with van der Waals surface area (Å²) >= 11 is 0. The van der Waals surface area contributed by atoms with Crippen LogP contribution in [0.2, 0.25) is 0 Å². The summed E-state index contributed by atoms with van der Waals surface area (Å²) in [6, 6.07) is -0.153. The van der Waals surface area contributed by atoms with Gasteiger partial charge >= 0.3 is 0 Å².